The molecule has 0 radical (unpaired) electrons. The van der Waals surface area contributed by atoms with E-state index in [0.29, 0.717) is 4.34 Å². The molecule has 0 unspecified atom stereocenters. The van der Waals surface area contributed by atoms with Gasteiger partial charge in [-0.2, -0.15) is 4.31 Å². The molecule has 0 saturated heterocycles. The molecule has 92 valence electrons. The highest BCUT2D eigenvalue weighted by molar-refractivity contribution is 7.91. The third kappa shape index (κ3) is 2.71. The Bertz CT molecular complexity index is 468. The minimum atomic E-state index is -3.50. The van der Waals surface area contributed by atoms with Crippen LogP contribution < -0.4 is 0 Å². The van der Waals surface area contributed by atoms with Crippen LogP contribution in [0.2, 0.25) is 4.34 Å². The van der Waals surface area contributed by atoms with Gasteiger partial charge in [0.25, 0.3) is 10.0 Å². The molecule has 0 aromatic carbocycles. The Morgan fingerprint density at radius 2 is 2.00 bits per heavy atom. The summed E-state index contributed by atoms with van der Waals surface area (Å²) >= 11 is 12.5. The Hall–Kier alpha value is 0.190. The van der Waals surface area contributed by atoms with Crippen LogP contribution in [0.15, 0.2) is 16.3 Å². The summed E-state index contributed by atoms with van der Waals surface area (Å²) in [6, 6.07) is 3.07. The van der Waals surface area contributed by atoms with Crippen LogP contribution in [0.3, 0.4) is 0 Å². The van der Waals surface area contributed by atoms with E-state index in [1.165, 1.54) is 17.4 Å². The second kappa shape index (κ2) is 4.82. The van der Waals surface area contributed by atoms with E-state index in [1.807, 2.05) is 0 Å². The molecule has 1 rings (SSSR count). The van der Waals surface area contributed by atoms with Crippen LogP contribution in [-0.4, -0.2) is 31.2 Å². The van der Waals surface area contributed by atoms with Gasteiger partial charge in [0.1, 0.15) is 4.21 Å². The standard InChI is InChI=1S/C9H13Cl2NO2S2/c1-9(2,6-10)12(3)16(13,14)8-5-4-7(11)15-8/h4-5H,6H2,1-3H3. The van der Waals surface area contributed by atoms with Crippen LogP contribution in [0, 0.1) is 0 Å². The van der Waals surface area contributed by atoms with Crippen LogP contribution >= 0.6 is 34.5 Å². The Kier molecular flexibility index (Phi) is 4.29. The molecule has 1 aromatic rings. The van der Waals surface area contributed by atoms with Crippen LogP contribution in [0.4, 0.5) is 0 Å². The van der Waals surface area contributed by atoms with Crippen molar-refractivity contribution in [3.8, 4) is 0 Å². The lowest BCUT2D eigenvalue weighted by Gasteiger charge is -2.32. The number of thiophene rings is 1. The first-order chi connectivity index (χ1) is 7.21. The lowest BCUT2D eigenvalue weighted by Crippen LogP contribution is -2.46. The Labute approximate surface area is 110 Å². The van der Waals surface area contributed by atoms with E-state index in [4.69, 9.17) is 23.2 Å². The zero-order valence-corrected chi connectivity index (χ0v) is 12.3. The summed E-state index contributed by atoms with van der Waals surface area (Å²) < 4.78 is 26.3. The summed E-state index contributed by atoms with van der Waals surface area (Å²) in [5.74, 6) is 0.224. The number of hydrogen-bond donors (Lipinski definition) is 0. The monoisotopic (exact) mass is 301 g/mol. The van der Waals surface area contributed by atoms with Crippen molar-refractivity contribution in [2.24, 2.45) is 0 Å². The van der Waals surface area contributed by atoms with Crippen molar-refractivity contribution in [2.45, 2.75) is 23.6 Å². The van der Waals surface area contributed by atoms with Gasteiger partial charge in [0, 0.05) is 18.5 Å². The predicted molar refractivity (Wildman–Crippen MR) is 69.1 cm³/mol. The maximum atomic E-state index is 12.2. The highest BCUT2D eigenvalue weighted by atomic mass is 35.5. The topological polar surface area (TPSA) is 37.4 Å². The first kappa shape index (κ1) is 14.3. The van der Waals surface area contributed by atoms with Crippen molar-refractivity contribution < 1.29 is 8.42 Å². The summed E-state index contributed by atoms with van der Waals surface area (Å²) in [6.45, 7) is 3.54. The van der Waals surface area contributed by atoms with Gasteiger partial charge in [-0.05, 0) is 26.0 Å². The molecule has 0 amide bonds. The van der Waals surface area contributed by atoms with Gasteiger partial charge in [-0.1, -0.05) is 11.6 Å². The van der Waals surface area contributed by atoms with E-state index < -0.39 is 15.6 Å². The average molecular weight is 302 g/mol. The molecule has 0 aliphatic heterocycles. The highest BCUT2D eigenvalue weighted by Gasteiger charge is 2.34. The van der Waals surface area contributed by atoms with Crippen molar-refractivity contribution in [2.75, 3.05) is 12.9 Å². The first-order valence-corrected chi connectivity index (χ1v) is 7.69. The molecule has 0 fully saturated rings. The summed E-state index contributed by atoms with van der Waals surface area (Å²) in [4.78, 5) is 0. The van der Waals surface area contributed by atoms with Crippen molar-refractivity contribution in [1.29, 1.82) is 0 Å². The van der Waals surface area contributed by atoms with Gasteiger partial charge in [-0.3, -0.25) is 0 Å². The van der Waals surface area contributed by atoms with Gasteiger partial charge in [0.05, 0.1) is 4.34 Å². The molecule has 0 spiro atoms. The van der Waals surface area contributed by atoms with Gasteiger partial charge in [0.2, 0.25) is 0 Å². The van der Waals surface area contributed by atoms with Crippen LogP contribution in [0.5, 0.6) is 0 Å². The number of rotatable bonds is 4. The maximum absolute atomic E-state index is 12.2. The van der Waals surface area contributed by atoms with E-state index in [1.54, 1.807) is 19.9 Å². The highest BCUT2D eigenvalue weighted by Crippen LogP contribution is 2.30. The molecule has 1 aromatic heterocycles. The Balaban J connectivity index is 3.13. The fourth-order valence-corrected chi connectivity index (χ4v) is 4.40. The van der Waals surface area contributed by atoms with E-state index in [0.717, 1.165) is 11.3 Å². The molecule has 0 saturated carbocycles. The average Bonchev–Trinajstić information content (AvgIpc) is 2.64. The van der Waals surface area contributed by atoms with Crippen molar-refractivity contribution in [3.05, 3.63) is 16.5 Å². The smallest absolute Gasteiger partial charge is 0.206 e. The molecular weight excluding hydrogens is 289 g/mol. The second-order valence-corrected chi connectivity index (χ2v) is 8.16. The molecule has 16 heavy (non-hydrogen) atoms. The summed E-state index contributed by atoms with van der Waals surface area (Å²) in [5, 5.41) is 0. The lowest BCUT2D eigenvalue weighted by molar-refractivity contribution is 0.296. The fourth-order valence-electron chi connectivity index (χ4n) is 0.981. The minimum Gasteiger partial charge on any atom is -0.206 e. The van der Waals surface area contributed by atoms with Gasteiger partial charge in [-0.15, -0.1) is 22.9 Å². The van der Waals surface area contributed by atoms with E-state index in [2.05, 4.69) is 0 Å². The lowest BCUT2D eigenvalue weighted by atomic mass is 10.1. The van der Waals surface area contributed by atoms with Crippen molar-refractivity contribution in [3.63, 3.8) is 0 Å². The SMILES string of the molecule is CN(C(C)(C)CCl)S(=O)(=O)c1ccc(Cl)s1. The zero-order chi connectivity index (χ0) is 12.6. The summed E-state index contributed by atoms with van der Waals surface area (Å²) in [6.07, 6.45) is 0. The quantitative estimate of drug-likeness (QED) is 0.802. The normalized spacial score (nSPS) is 13.4. The number of halogens is 2. The molecule has 0 atom stereocenters. The molecule has 0 aliphatic rings. The van der Waals surface area contributed by atoms with Crippen molar-refractivity contribution >= 4 is 44.6 Å². The Morgan fingerprint density at radius 3 is 2.38 bits per heavy atom. The molecule has 1 heterocycles. The Morgan fingerprint density at radius 1 is 1.44 bits per heavy atom. The molecule has 7 heteroatoms. The largest absolute Gasteiger partial charge is 0.252 e. The first-order valence-electron chi connectivity index (χ1n) is 4.52. The molecule has 0 bridgehead atoms. The third-order valence-corrected chi connectivity index (χ3v) is 6.76. The van der Waals surface area contributed by atoms with Gasteiger partial charge in [-0.25, -0.2) is 8.42 Å². The molecule has 0 aliphatic carbocycles. The minimum absolute atomic E-state index is 0.224. The molecular formula is C9H13Cl2NO2S2. The second-order valence-electron chi connectivity index (χ2n) is 3.98. The van der Waals surface area contributed by atoms with E-state index in [-0.39, 0.29) is 10.1 Å². The van der Waals surface area contributed by atoms with E-state index in [9.17, 15) is 8.42 Å². The third-order valence-electron chi connectivity index (χ3n) is 2.34. The summed E-state index contributed by atoms with van der Waals surface area (Å²) in [7, 11) is -1.99. The number of sulfonamides is 1. The van der Waals surface area contributed by atoms with Crippen LogP contribution in [0.25, 0.3) is 0 Å². The van der Waals surface area contributed by atoms with Crippen molar-refractivity contribution in [1.82, 2.24) is 4.31 Å². The maximum Gasteiger partial charge on any atom is 0.252 e. The molecule has 0 N–H and O–H groups in total. The number of hydrogen-bond acceptors (Lipinski definition) is 3. The zero-order valence-electron chi connectivity index (χ0n) is 9.20. The van der Waals surface area contributed by atoms with Gasteiger partial charge < -0.3 is 0 Å². The predicted octanol–water partition coefficient (Wildman–Crippen LogP) is 3.04. The van der Waals surface area contributed by atoms with Crippen LogP contribution in [-0.2, 0) is 10.0 Å². The number of nitrogens with zero attached hydrogens (tertiary/aromatic N) is 1. The van der Waals surface area contributed by atoms with Gasteiger partial charge in [0.15, 0.2) is 0 Å². The molecule has 3 nitrogen and oxygen atoms in total. The fraction of sp³-hybridized carbons (Fsp3) is 0.556. The van der Waals surface area contributed by atoms with Crippen LogP contribution in [0.1, 0.15) is 13.8 Å². The summed E-state index contributed by atoms with van der Waals surface area (Å²) in [5.41, 5.74) is -0.628. The van der Waals surface area contributed by atoms with E-state index >= 15 is 0 Å². The number of alkyl halides is 1. The van der Waals surface area contributed by atoms with Gasteiger partial charge >= 0.3 is 0 Å².